The summed E-state index contributed by atoms with van der Waals surface area (Å²) in [5, 5.41) is 0. The van der Waals surface area contributed by atoms with Gasteiger partial charge in [0.15, 0.2) is 0 Å². The minimum Gasteiger partial charge on any atom is -0.368 e. The number of hydrogen-bond donors (Lipinski definition) is 0. The number of rotatable bonds is 2. The summed E-state index contributed by atoms with van der Waals surface area (Å²) < 4.78 is 5.89. The van der Waals surface area contributed by atoms with Gasteiger partial charge in [0.25, 0.3) is 11.8 Å². The number of ether oxygens (including phenoxy) is 1. The first-order valence-corrected chi connectivity index (χ1v) is 9.31. The monoisotopic (exact) mass is 365 g/mol. The standard InChI is InChI=1S/C21H23N3O3/c1-15-18(8-5-10-22-15)21(26)23-11-9-19-16(12-23)13-24(20(25)14-27-19)17-6-3-2-4-7-17/h2-8,10,16,19H,9,11-14H2,1H3/t16-,19+/m1/s1. The summed E-state index contributed by atoms with van der Waals surface area (Å²) in [6.07, 6.45) is 2.44. The molecule has 2 atom stereocenters. The first-order chi connectivity index (χ1) is 13.1. The van der Waals surface area contributed by atoms with E-state index in [4.69, 9.17) is 4.74 Å². The molecule has 3 heterocycles. The summed E-state index contributed by atoms with van der Waals surface area (Å²) >= 11 is 0. The fourth-order valence-corrected chi connectivity index (χ4v) is 3.92. The van der Waals surface area contributed by atoms with Crippen molar-refractivity contribution in [2.75, 3.05) is 31.1 Å². The Balaban J connectivity index is 1.54. The van der Waals surface area contributed by atoms with Crippen LogP contribution in [0, 0.1) is 12.8 Å². The van der Waals surface area contributed by atoms with Gasteiger partial charge in [0, 0.05) is 43.1 Å². The predicted molar refractivity (Wildman–Crippen MR) is 102 cm³/mol. The van der Waals surface area contributed by atoms with Crippen molar-refractivity contribution in [1.29, 1.82) is 0 Å². The second kappa shape index (κ2) is 7.48. The number of benzene rings is 1. The van der Waals surface area contributed by atoms with Gasteiger partial charge in [-0.05, 0) is 37.6 Å². The molecular formula is C21H23N3O3. The average Bonchev–Trinajstić information content (AvgIpc) is 2.87. The number of carbonyl (C=O) groups is 2. The van der Waals surface area contributed by atoms with Crippen LogP contribution >= 0.6 is 0 Å². The smallest absolute Gasteiger partial charge is 0.255 e. The van der Waals surface area contributed by atoms with Gasteiger partial charge in [-0.2, -0.15) is 0 Å². The summed E-state index contributed by atoms with van der Waals surface area (Å²) in [6.45, 7) is 3.71. The zero-order valence-electron chi connectivity index (χ0n) is 15.4. The third kappa shape index (κ3) is 3.57. The minimum atomic E-state index is -0.0309. The zero-order chi connectivity index (χ0) is 18.8. The molecule has 4 rings (SSSR count). The van der Waals surface area contributed by atoms with Crippen LogP contribution < -0.4 is 4.90 Å². The number of likely N-dealkylation sites (tertiary alicyclic amines) is 1. The molecule has 0 radical (unpaired) electrons. The molecule has 0 unspecified atom stereocenters. The molecule has 2 fully saturated rings. The Morgan fingerprint density at radius 2 is 1.96 bits per heavy atom. The molecule has 1 aromatic heterocycles. The van der Waals surface area contributed by atoms with E-state index in [1.807, 2.05) is 48.2 Å². The molecule has 0 N–H and O–H groups in total. The Kier molecular flexibility index (Phi) is 4.90. The van der Waals surface area contributed by atoms with E-state index in [2.05, 4.69) is 4.98 Å². The van der Waals surface area contributed by atoms with Gasteiger partial charge in [0.1, 0.15) is 6.61 Å². The number of fused-ring (bicyclic) bond motifs is 1. The van der Waals surface area contributed by atoms with Gasteiger partial charge in [0.05, 0.1) is 11.7 Å². The Morgan fingerprint density at radius 3 is 2.74 bits per heavy atom. The number of para-hydroxylation sites is 1. The molecular weight excluding hydrogens is 342 g/mol. The van der Waals surface area contributed by atoms with Crippen LogP contribution in [0.1, 0.15) is 22.5 Å². The first-order valence-electron chi connectivity index (χ1n) is 9.31. The molecule has 2 aromatic rings. The van der Waals surface area contributed by atoms with Crippen LogP contribution in [-0.2, 0) is 9.53 Å². The summed E-state index contributed by atoms with van der Waals surface area (Å²) in [6, 6.07) is 13.3. The number of nitrogens with zero attached hydrogens (tertiary/aromatic N) is 3. The van der Waals surface area contributed by atoms with Crippen molar-refractivity contribution in [3.05, 3.63) is 59.9 Å². The van der Waals surface area contributed by atoms with Crippen LogP contribution in [0.2, 0.25) is 0 Å². The highest BCUT2D eigenvalue weighted by Crippen LogP contribution is 2.28. The Hall–Kier alpha value is -2.73. The van der Waals surface area contributed by atoms with E-state index in [9.17, 15) is 9.59 Å². The Bertz CT molecular complexity index is 840. The second-order valence-electron chi connectivity index (χ2n) is 7.13. The molecule has 2 amide bonds. The van der Waals surface area contributed by atoms with Crippen LogP contribution in [0.5, 0.6) is 0 Å². The molecule has 6 heteroatoms. The molecule has 0 saturated carbocycles. The lowest BCUT2D eigenvalue weighted by molar-refractivity contribution is -0.124. The highest BCUT2D eigenvalue weighted by Gasteiger charge is 2.38. The third-order valence-electron chi connectivity index (χ3n) is 5.40. The van der Waals surface area contributed by atoms with Crippen molar-refractivity contribution in [2.24, 2.45) is 5.92 Å². The van der Waals surface area contributed by atoms with Crippen LogP contribution in [0.25, 0.3) is 0 Å². The second-order valence-corrected chi connectivity index (χ2v) is 7.13. The van der Waals surface area contributed by atoms with Crippen molar-refractivity contribution >= 4 is 17.5 Å². The maximum absolute atomic E-state index is 13.0. The number of piperidine rings is 1. The van der Waals surface area contributed by atoms with Gasteiger partial charge in [-0.15, -0.1) is 0 Å². The summed E-state index contributed by atoms with van der Waals surface area (Å²) in [5.41, 5.74) is 2.25. The van der Waals surface area contributed by atoms with Crippen molar-refractivity contribution < 1.29 is 14.3 Å². The number of hydrogen-bond acceptors (Lipinski definition) is 4. The molecule has 2 aliphatic rings. The van der Waals surface area contributed by atoms with Gasteiger partial charge in [-0.25, -0.2) is 0 Å². The molecule has 0 spiro atoms. The van der Waals surface area contributed by atoms with Crippen molar-refractivity contribution in [3.8, 4) is 0 Å². The Labute approximate surface area is 158 Å². The number of aromatic nitrogens is 1. The number of aryl methyl sites for hydroxylation is 1. The van der Waals surface area contributed by atoms with Crippen LogP contribution in [-0.4, -0.2) is 54.0 Å². The fraction of sp³-hybridized carbons (Fsp3) is 0.381. The molecule has 1 aromatic carbocycles. The maximum Gasteiger partial charge on any atom is 0.255 e. The lowest BCUT2D eigenvalue weighted by Gasteiger charge is -2.38. The minimum absolute atomic E-state index is 0.000819. The normalized spacial score (nSPS) is 22.9. The molecule has 0 bridgehead atoms. The lowest BCUT2D eigenvalue weighted by Crippen LogP contribution is -2.49. The topological polar surface area (TPSA) is 62.7 Å². The van der Waals surface area contributed by atoms with Gasteiger partial charge >= 0.3 is 0 Å². The summed E-state index contributed by atoms with van der Waals surface area (Å²) in [5.74, 6) is 0.0591. The largest absolute Gasteiger partial charge is 0.368 e. The zero-order valence-corrected chi connectivity index (χ0v) is 15.4. The number of anilines is 1. The predicted octanol–water partition coefficient (Wildman–Crippen LogP) is 2.28. The molecule has 2 aliphatic heterocycles. The van der Waals surface area contributed by atoms with Crippen LogP contribution in [0.3, 0.4) is 0 Å². The first kappa shape index (κ1) is 17.7. The van der Waals surface area contributed by atoms with Crippen molar-refractivity contribution in [2.45, 2.75) is 19.4 Å². The van der Waals surface area contributed by atoms with E-state index < -0.39 is 0 Å². The van der Waals surface area contributed by atoms with E-state index in [0.717, 1.165) is 17.8 Å². The van der Waals surface area contributed by atoms with Crippen LogP contribution in [0.4, 0.5) is 5.69 Å². The van der Waals surface area contributed by atoms with Gasteiger partial charge in [0.2, 0.25) is 0 Å². The van der Waals surface area contributed by atoms with E-state index in [-0.39, 0.29) is 30.4 Å². The highest BCUT2D eigenvalue weighted by atomic mass is 16.5. The van der Waals surface area contributed by atoms with Gasteiger partial charge < -0.3 is 14.5 Å². The highest BCUT2D eigenvalue weighted by molar-refractivity contribution is 5.96. The molecule has 140 valence electrons. The average molecular weight is 365 g/mol. The van der Waals surface area contributed by atoms with E-state index in [1.54, 1.807) is 17.2 Å². The quantitative estimate of drug-likeness (QED) is 0.819. The lowest BCUT2D eigenvalue weighted by atomic mass is 9.93. The van der Waals surface area contributed by atoms with E-state index >= 15 is 0 Å². The summed E-state index contributed by atoms with van der Waals surface area (Å²) in [7, 11) is 0. The fourth-order valence-electron chi connectivity index (χ4n) is 3.92. The third-order valence-corrected chi connectivity index (χ3v) is 5.40. The van der Waals surface area contributed by atoms with Crippen molar-refractivity contribution in [1.82, 2.24) is 9.88 Å². The molecule has 6 nitrogen and oxygen atoms in total. The number of carbonyl (C=O) groups excluding carboxylic acids is 2. The number of pyridine rings is 1. The van der Waals surface area contributed by atoms with Gasteiger partial charge in [-0.1, -0.05) is 18.2 Å². The van der Waals surface area contributed by atoms with E-state index in [1.165, 1.54) is 0 Å². The van der Waals surface area contributed by atoms with E-state index in [0.29, 0.717) is 25.2 Å². The van der Waals surface area contributed by atoms with Crippen LogP contribution in [0.15, 0.2) is 48.7 Å². The van der Waals surface area contributed by atoms with Crippen molar-refractivity contribution in [3.63, 3.8) is 0 Å². The summed E-state index contributed by atoms with van der Waals surface area (Å²) in [4.78, 5) is 33.4. The SMILES string of the molecule is Cc1ncccc1C(=O)N1CC[C@@H]2OCC(=O)N(c3ccccc3)C[C@H]2C1. The Morgan fingerprint density at radius 1 is 1.15 bits per heavy atom. The molecule has 0 aliphatic carbocycles. The maximum atomic E-state index is 13.0. The van der Waals surface area contributed by atoms with Gasteiger partial charge in [-0.3, -0.25) is 14.6 Å². The molecule has 27 heavy (non-hydrogen) atoms. The molecule has 2 saturated heterocycles. The number of amides is 2.